The molecule has 0 radical (unpaired) electrons. The zero-order valence-electron chi connectivity index (χ0n) is 12.6. The van der Waals surface area contributed by atoms with E-state index in [4.69, 9.17) is 11.6 Å². The van der Waals surface area contributed by atoms with Gasteiger partial charge in [-0.2, -0.15) is 0 Å². The lowest BCUT2D eigenvalue weighted by molar-refractivity contribution is 0.174. The number of pyridine rings is 1. The first kappa shape index (κ1) is 16.8. The van der Waals surface area contributed by atoms with Crippen LogP contribution < -0.4 is 5.32 Å². The van der Waals surface area contributed by atoms with E-state index < -0.39 is 11.9 Å². The summed E-state index contributed by atoms with van der Waals surface area (Å²) in [4.78, 5) is 4.27. The number of hydrogen-bond donors (Lipinski definition) is 2. The van der Waals surface area contributed by atoms with Crippen molar-refractivity contribution in [3.05, 3.63) is 76.4 Å². The second-order valence-electron chi connectivity index (χ2n) is 5.46. The predicted molar refractivity (Wildman–Crippen MR) is 89.8 cm³/mol. The molecule has 0 bridgehead atoms. The molecule has 0 aliphatic rings. The van der Waals surface area contributed by atoms with Gasteiger partial charge >= 0.3 is 0 Å². The number of aliphatic hydroxyl groups excluding tert-OH is 1. The van der Waals surface area contributed by atoms with E-state index in [9.17, 15) is 13.9 Å². The molecule has 3 nitrogen and oxygen atoms in total. The highest BCUT2D eigenvalue weighted by Crippen LogP contribution is 2.21. The van der Waals surface area contributed by atoms with E-state index >= 15 is 0 Å². The van der Waals surface area contributed by atoms with Gasteiger partial charge in [-0.1, -0.05) is 23.7 Å². The maximum atomic E-state index is 13.7. The van der Waals surface area contributed by atoms with Crippen molar-refractivity contribution in [2.45, 2.75) is 12.6 Å². The van der Waals surface area contributed by atoms with Gasteiger partial charge < -0.3 is 10.4 Å². The summed E-state index contributed by atoms with van der Waals surface area (Å²) < 4.78 is 27.1. The zero-order chi connectivity index (χ0) is 17.1. The van der Waals surface area contributed by atoms with Crippen molar-refractivity contribution in [2.75, 3.05) is 6.54 Å². The number of fused-ring (bicyclic) bond motifs is 1. The standard InChI is InChI=1S/C18H15ClF2N2O/c19-15-4-3-11(8-16(15)21)17(24)10-22-9-13-7-14(20)6-12-2-1-5-23-18(12)13/h1-8,17,22,24H,9-10H2. The number of nitrogens with zero attached hydrogens (tertiary/aromatic N) is 1. The molecule has 0 aliphatic heterocycles. The summed E-state index contributed by atoms with van der Waals surface area (Å²) in [5.41, 5.74) is 1.82. The van der Waals surface area contributed by atoms with E-state index in [1.54, 1.807) is 24.4 Å². The minimum Gasteiger partial charge on any atom is -0.387 e. The van der Waals surface area contributed by atoms with Crippen molar-refractivity contribution in [2.24, 2.45) is 0 Å². The van der Waals surface area contributed by atoms with Gasteiger partial charge in [0.1, 0.15) is 11.6 Å². The molecule has 6 heteroatoms. The summed E-state index contributed by atoms with van der Waals surface area (Å²) in [5.74, 6) is -0.916. The summed E-state index contributed by atoms with van der Waals surface area (Å²) in [6.45, 7) is 0.518. The van der Waals surface area contributed by atoms with E-state index in [1.165, 1.54) is 24.3 Å². The van der Waals surface area contributed by atoms with Crippen molar-refractivity contribution in [1.29, 1.82) is 0 Å². The predicted octanol–water partition coefficient (Wildman–Crippen LogP) is 3.99. The minimum atomic E-state index is -0.899. The van der Waals surface area contributed by atoms with E-state index in [1.807, 2.05) is 0 Å². The molecule has 3 rings (SSSR count). The molecule has 124 valence electrons. The molecule has 0 saturated carbocycles. The summed E-state index contributed by atoms with van der Waals surface area (Å²) in [6, 6.07) is 10.6. The van der Waals surface area contributed by atoms with Crippen LogP contribution in [0.1, 0.15) is 17.2 Å². The van der Waals surface area contributed by atoms with Crippen LogP contribution in [0.25, 0.3) is 10.9 Å². The molecule has 0 spiro atoms. The minimum absolute atomic E-state index is 0.0104. The highest BCUT2D eigenvalue weighted by molar-refractivity contribution is 6.30. The molecule has 1 aromatic heterocycles. The quantitative estimate of drug-likeness (QED) is 0.733. The second kappa shape index (κ2) is 7.21. The number of aromatic nitrogens is 1. The van der Waals surface area contributed by atoms with Crippen LogP contribution in [0.2, 0.25) is 5.02 Å². The topological polar surface area (TPSA) is 45.1 Å². The molecule has 1 unspecified atom stereocenters. The molecule has 0 fully saturated rings. The van der Waals surface area contributed by atoms with Gasteiger partial charge in [0.25, 0.3) is 0 Å². The fourth-order valence-electron chi connectivity index (χ4n) is 2.54. The lowest BCUT2D eigenvalue weighted by Crippen LogP contribution is -2.21. The number of benzene rings is 2. The molecule has 1 atom stereocenters. The SMILES string of the molecule is OC(CNCc1cc(F)cc2cccnc12)c1ccc(Cl)c(F)c1. The third-order valence-electron chi connectivity index (χ3n) is 3.73. The number of rotatable bonds is 5. The van der Waals surface area contributed by atoms with Crippen molar-refractivity contribution in [3.8, 4) is 0 Å². The van der Waals surface area contributed by atoms with E-state index in [0.29, 0.717) is 23.2 Å². The molecule has 0 saturated heterocycles. The van der Waals surface area contributed by atoms with Gasteiger partial charge in [-0.15, -0.1) is 0 Å². The summed E-state index contributed by atoms with van der Waals surface area (Å²) in [7, 11) is 0. The maximum absolute atomic E-state index is 13.7. The van der Waals surface area contributed by atoms with E-state index in [-0.39, 0.29) is 17.4 Å². The zero-order valence-corrected chi connectivity index (χ0v) is 13.4. The molecule has 0 aliphatic carbocycles. The van der Waals surface area contributed by atoms with Crippen LogP contribution in [0.5, 0.6) is 0 Å². The fraction of sp³-hybridized carbons (Fsp3) is 0.167. The average Bonchev–Trinajstić information content (AvgIpc) is 2.57. The molecule has 2 N–H and O–H groups in total. The molecule has 1 heterocycles. The molecule has 3 aromatic rings. The van der Waals surface area contributed by atoms with Crippen molar-refractivity contribution < 1.29 is 13.9 Å². The van der Waals surface area contributed by atoms with Crippen molar-refractivity contribution >= 4 is 22.5 Å². The highest BCUT2D eigenvalue weighted by atomic mass is 35.5. The maximum Gasteiger partial charge on any atom is 0.142 e. The number of aliphatic hydroxyl groups is 1. The van der Waals surface area contributed by atoms with Gasteiger partial charge in [0.15, 0.2) is 0 Å². The van der Waals surface area contributed by atoms with Gasteiger partial charge in [-0.3, -0.25) is 4.98 Å². The Morgan fingerprint density at radius 1 is 1.17 bits per heavy atom. The number of hydrogen-bond acceptors (Lipinski definition) is 3. The molecular weight excluding hydrogens is 334 g/mol. The summed E-state index contributed by atoms with van der Waals surface area (Å²) >= 11 is 5.63. The van der Waals surface area contributed by atoms with Crippen molar-refractivity contribution in [1.82, 2.24) is 10.3 Å². The lowest BCUT2D eigenvalue weighted by atomic mass is 10.1. The largest absolute Gasteiger partial charge is 0.387 e. The normalized spacial score (nSPS) is 12.5. The number of halogens is 3. The Hall–Kier alpha value is -2.08. The van der Waals surface area contributed by atoms with Crippen molar-refractivity contribution in [3.63, 3.8) is 0 Å². The van der Waals surface area contributed by atoms with Crippen LogP contribution in [-0.2, 0) is 6.54 Å². The van der Waals surface area contributed by atoms with Crippen LogP contribution in [0, 0.1) is 11.6 Å². The van der Waals surface area contributed by atoms with Crippen LogP contribution in [0.4, 0.5) is 8.78 Å². The first-order valence-electron chi connectivity index (χ1n) is 7.41. The van der Waals surface area contributed by atoms with Gasteiger partial charge in [0.2, 0.25) is 0 Å². The van der Waals surface area contributed by atoms with Crippen LogP contribution in [0.3, 0.4) is 0 Å². The second-order valence-corrected chi connectivity index (χ2v) is 5.87. The van der Waals surface area contributed by atoms with Crippen LogP contribution in [-0.4, -0.2) is 16.6 Å². The first-order valence-corrected chi connectivity index (χ1v) is 7.79. The Bertz CT molecular complexity index is 873. The van der Waals surface area contributed by atoms with E-state index in [0.717, 1.165) is 5.39 Å². The van der Waals surface area contributed by atoms with E-state index in [2.05, 4.69) is 10.3 Å². The molecular formula is C18H15ClF2N2O. The Morgan fingerprint density at radius 3 is 2.79 bits per heavy atom. The highest BCUT2D eigenvalue weighted by Gasteiger charge is 2.11. The molecule has 0 amide bonds. The first-order chi connectivity index (χ1) is 11.5. The Morgan fingerprint density at radius 2 is 2.00 bits per heavy atom. The fourth-order valence-corrected chi connectivity index (χ4v) is 2.66. The summed E-state index contributed by atoms with van der Waals surface area (Å²) in [6.07, 6.45) is 0.749. The Labute approximate surface area is 142 Å². The monoisotopic (exact) mass is 348 g/mol. The van der Waals surface area contributed by atoms with Gasteiger partial charge in [-0.05, 0) is 41.5 Å². The smallest absolute Gasteiger partial charge is 0.142 e. The Kier molecular flexibility index (Phi) is 5.04. The van der Waals surface area contributed by atoms with Gasteiger partial charge in [0.05, 0.1) is 16.6 Å². The van der Waals surface area contributed by atoms with Crippen LogP contribution in [0.15, 0.2) is 48.7 Å². The molecule has 2 aromatic carbocycles. The molecule has 24 heavy (non-hydrogen) atoms. The van der Waals surface area contributed by atoms with Gasteiger partial charge in [0, 0.05) is 24.7 Å². The van der Waals surface area contributed by atoms with Crippen LogP contribution >= 0.6 is 11.6 Å². The average molecular weight is 349 g/mol. The summed E-state index contributed by atoms with van der Waals surface area (Å²) in [5, 5.41) is 13.9. The lowest BCUT2D eigenvalue weighted by Gasteiger charge is -2.13. The Balaban J connectivity index is 1.69. The number of nitrogens with one attached hydrogen (secondary N) is 1. The third-order valence-corrected chi connectivity index (χ3v) is 4.04. The van der Waals surface area contributed by atoms with Gasteiger partial charge in [-0.25, -0.2) is 8.78 Å². The third kappa shape index (κ3) is 3.70.